The molecule has 0 unspecified atom stereocenters. The molecule has 1 aromatic rings. The van der Waals surface area contributed by atoms with Gasteiger partial charge in [-0.2, -0.15) is 13.2 Å². The van der Waals surface area contributed by atoms with E-state index in [9.17, 15) is 13.2 Å². The summed E-state index contributed by atoms with van der Waals surface area (Å²) in [4.78, 5) is 0. The normalized spacial score (nSPS) is 11.8. The van der Waals surface area contributed by atoms with Crippen LogP contribution >= 0.6 is 34.2 Å². The van der Waals surface area contributed by atoms with Crippen LogP contribution in [0.15, 0.2) is 18.2 Å². The van der Waals surface area contributed by atoms with Gasteiger partial charge in [-0.25, -0.2) is 0 Å². The van der Waals surface area contributed by atoms with E-state index in [1.807, 2.05) is 0 Å². The summed E-state index contributed by atoms with van der Waals surface area (Å²) in [7, 11) is 0. The van der Waals surface area contributed by atoms with Crippen molar-refractivity contribution in [3.63, 3.8) is 0 Å². The van der Waals surface area contributed by atoms with E-state index in [1.54, 1.807) is 22.6 Å². The molecule has 0 heterocycles. The van der Waals surface area contributed by atoms with Gasteiger partial charge in [0.15, 0.2) is 0 Å². The van der Waals surface area contributed by atoms with Gasteiger partial charge in [-0.05, 0) is 40.8 Å². The Labute approximate surface area is 85.9 Å². The van der Waals surface area contributed by atoms with Crippen molar-refractivity contribution in [2.45, 2.75) is 6.18 Å². The molecule has 0 aliphatic heterocycles. The molecular weight excluding hydrogens is 303 g/mol. The molecule has 0 aromatic heterocycles. The van der Waals surface area contributed by atoms with E-state index in [0.717, 1.165) is 12.1 Å². The van der Waals surface area contributed by atoms with Gasteiger partial charge < -0.3 is 0 Å². The molecule has 0 fully saturated rings. The Morgan fingerprint density at radius 3 is 2.17 bits per heavy atom. The van der Waals surface area contributed by atoms with E-state index in [2.05, 4.69) is 0 Å². The summed E-state index contributed by atoms with van der Waals surface area (Å²) in [5.41, 5.74) is -0.709. The minimum Gasteiger partial charge on any atom is -0.166 e. The van der Waals surface area contributed by atoms with Crippen LogP contribution in [0.25, 0.3) is 0 Å². The highest BCUT2D eigenvalue weighted by Gasteiger charge is 2.30. The van der Waals surface area contributed by atoms with Gasteiger partial charge in [0.1, 0.15) is 0 Å². The SMILES string of the molecule is FC(F)(F)c1cc(Cl)cc(I)c1. The van der Waals surface area contributed by atoms with Gasteiger partial charge in [0.25, 0.3) is 0 Å². The van der Waals surface area contributed by atoms with E-state index >= 15 is 0 Å². The van der Waals surface area contributed by atoms with Gasteiger partial charge in [-0.1, -0.05) is 11.6 Å². The molecule has 0 bridgehead atoms. The van der Waals surface area contributed by atoms with Crippen molar-refractivity contribution in [3.8, 4) is 0 Å². The highest BCUT2D eigenvalue weighted by molar-refractivity contribution is 14.1. The highest BCUT2D eigenvalue weighted by Crippen LogP contribution is 2.32. The first-order valence-electron chi connectivity index (χ1n) is 2.93. The average Bonchev–Trinajstić information content (AvgIpc) is 1.82. The second-order valence-corrected chi connectivity index (χ2v) is 3.84. The Bertz CT molecular complexity index is 275. The lowest BCUT2D eigenvalue weighted by Crippen LogP contribution is -2.04. The van der Waals surface area contributed by atoms with Crippen molar-refractivity contribution < 1.29 is 13.2 Å². The summed E-state index contributed by atoms with van der Waals surface area (Å²) in [5.74, 6) is 0. The van der Waals surface area contributed by atoms with Crippen molar-refractivity contribution in [1.82, 2.24) is 0 Å². The number of rotatable bonds is 0. The third-order valence-corrected chi connectivity index (χ3v) is 2.03. The molecule has 0 saturated heterocycles. The van der Waals surface area contributed by atoms with Crippen LogP contribution in [0.1, 0.15) is 5.56 Å². The molecular formula is C7H3ClF3I. The molecule has 0 nitrogen and oxygen atoms in total. The maximum atomic E-state index is 12.1. The molecule has 0 atom stereocenters. The number of halogens is 5. The zero-order chi connectivity index (χ0) is 9.35. The van der Waals surface area contributed by atoms with Crippen LogP contribution in [-0.4, -0.2) is 0 Å². The first-order valence-corrected chi connectivity index (χ1v) is 4.38. The second-order valence-electron chi connectivity index (χ2n) is 2.16. The highest BCUT2D eigenvalue weighted by atomic mass is 127. The quantitative estimate of drug-likeness (QED) is 0.636. The van der Waals surface area contributed by atoms with Crippen LogP contribution in [0.2, 0.25) is 5.02 Å². The fourth-order valence-corrected chi connectivity index (χ4v) is 1.81. The van der Waals surface area contributed by atoms with Crippen LogP contribution in [0.5, 0.6) is 0 Å². The summed E-state index contributed by atoms with van der Waals surface area (Å²) < 4.78 is 36.7. The van der Waals surface area contributed by atoms with Crippen LogP contribution in [0.4, 0.5) is 13.2 Å². The molecule has 5 heteroatoms. The van der Waals surface area contributed by atoms with Crippen molar-refractivity contribution in [2.24, 2.45) is 0 Å². The van der Waals surface area contributed by atoms with Crippen molar-refractivity contribution in [3.05, 3.63) is 32.4 Å². The number of hydrogen-bond donors (Lipinski definition) is 0. The zero-order valence-electron chi connectivity index (χ0n) is 5.62. The Balaban J connectivity index is 3.18. The Morgan fingerprint density at radius 1 is 1.17 bits per heavy atom. The number of hydrogen-bond acceptors (Lipinski definition) is 0. The minimum atomic E-state index is -4.31. The summed E-state index contributed by atoms with van der Waals surface area (Å²) in [5, 5.41) is 0.106. The topological polar surface area (TPSA) is 0 Å². The molecule has 0 aliphatic carbocycles. The molecule has 66 valence electrons. The maximum absolute atomic E-state index is 12.1. The monoisotopic (exact) mass is 306 g/mol. The van der Waals surface area contributed by atoms with E-state index in [1.165, 1.54) is 6.07 Å². The van der Waals surface area contributed by atoms with Crippen LogP contribution in [0.3, 0.4) is 0 Å². The molecule has 1 aromatic carbocycles. The van der Waals surface area contributed by atoms with E-state index in [0.29, 0.717) is 3.57 Å². The molecule has 12 heavy (non-hydrogen) atoms. The standard InChI is InChI=1S/C7H3ClF3I/c8-5-1-4(7(9,10)11)2-6(12)3-5/h1-3H. The Morgan fingerprint density at radius 2 is 1.75 bits per heavy atom. The molecule has 0 spiro atoms. The van der Waals surface area contributed by atoms with E-state index < -0.39 is 11.7 Å². The van der Waals surface area contributed by atoms with Crippen LogP contribution in [-0.2, 0) is 6.18 Å². The van der Waals surface area contributed by atoms with Gasteiger partial charge in [0, 0.05) is 8.59 Å². The van der Waals surface area contributed by atoms with Gasteiger partial charge in [-0.3, -0.25) is 0 Å². The van der Waals surface area contributed by atoms with Gasteiger partial charge in [-0.15, -0.1) is 0 Å². The molecule has 0 radical (unpaired) electrons. The number of benzene rings is 1. The van der Waals surface area contributed by atoms with E-state index in [4.69, 9.17) is 11.6 Å². The summed E-state index contributed by atoms with van der Waals surface area (Å²) in [6.45, 7) is 0. The smallest absolute Gasteiger partial charge is 0.166 e. The zero-order valence-corrected chi connectivity index (χ0v) is 8.54. The summed E-state index contributed by atoms with van der Waals surface area (Å²) >= 11 is 7.24. The minimum absolute atomic E-state index is 0.106. The van der Waals surface area contributed by atoms with E-state index in [-0.39, 0.29) is 5.02 Å². The number of alkyl halides is 3. The lowest BCUT2D eigenvalue weighted by molar-refractivity contribution is -0.137. The maximum Gasteiger partial charge on any atom is 0.416 e. The third kappa shape index (κ3) is 2.52. The molecule has 0 N–H and O–H groups in total. The predicted molar refractivity (Wildman–Crippen MR) is 49.2 cm³/mol. The van der Waals surface area contributed by atoms with Gasteiger partial charge >= 0.3 is 6.18 Å². The summed E-state index contributed by atoms with van der Waals surface area (Å²) in [6.07, 6.45) is -4.31. The lowest BCUT2D eigenvalue weighted by atomic mass is 10.2. The van der Waals surface area contributed by atoms with Crippen molar-refractivity contribution in [2.75, 3.05) is 0 Å². The predicted octanol–water partition coefficient (Wildman–Crippen LogP) is 3.96. The van der Waals surface area contributed by atoms with Crippen LogP contribution in [0, 0.1) is 3.57 Å². The van der Waals surface area contributed by atoms with Crippen molar-refractivity contribution in [1.29, 1.82) is 0 Å². The Kier molecular flexibility index (Phi) is 2.88. The Hall–Kier alpha value is 0.0300. The van der Waals surface area contributed by atoms with Gasteiger partial charge in [0.2, 0.25) is 0 Å². The molecule has 0 saturated carbocycles. The third-order valence-electron chi connectivity index (χ3n) is 1.19. The first-order chi connectivity index (χ1) is 5.39. The lowest BCUT2D eigenvalue weighted by Gasteiger charge is -2.06. The molecule has 0 aliphatic rings. The van der Waals surface area contributed by atoms with Crippen LogP contribution < -0.4 is 0 Å². The largest absolute Gasteiger partial charge is 0.416 e. The summed E-state index contributed by atoms with van der Waals surface area (Å²) in [6, 6.07) is 3.42. The second kappa shape index (κ2) is 3.41. The van der Waals surface area contributed by atoms with Gasteiger partial charge in [0.05, 0.1) is 5.56 Å². The molecule has 0 amide bonds. The average molecular weight is 306 g/mol. The first kappa shape index (κ1) is 10.1. The molecule has 1 rings (SSSR count). The fourth-order valence-electron chi connectivity index (χ4n) is 0.717. The fraction of sp³-hybridized carbons (Fsp3) is 0.143. The van der Waals surface area contributed by atoms with Crippen molar-refractivity contribution >= 4 is 34.2 Å².